The zero-order chi connectivity index (χ0) is 23.5. The van der Waals surface area contributed by atoms with E-state index in [1.54, 1.807) is 22.9 Å². The number of fused-ring (bicyclic) bond motifs is 1. The minimum Gasteiger partial charge on any atom is -0.364 e. The van der Waals surface area contributed by atoms with Gasteiger partial charge in [-0.2, -0.15) is 4.98 Å². The van der Waals surface area contributed by atoms with Gasteiger partial charge in [0.2, 0.25) is 17.8 Å². The zero-order valence-corrected chi connectivity index (χ0v) is 18.4. The minimum absolute atomic E-state index is 0.0615. The van der Waals surface area contributed by atoms with Crippen LogP contribution in [0.15, 0.2) is 30.9 Å². The Hall–Kier alpha value is -4.02. The molecule has 1 unspecified atom stereocenters. The van der Waals surface area contributed by atoms with Crippen LogP contribution in [-0.4, -0.2) is 64.0 Å². The van der Waals surface area contributed by atoms with E-state index in [9.17, 15) is 14.4 Å². The number of nitrogens with zero attached hydrogens (tertiary/aromatic N) is 5. The van der Waals surface area contributed by atoms with E-state index in [4.69, 9.17) is 5.73 Å². The fourth-order valence-electron chi connectivity index (χ4n) is 4.12. The van der Waals surface area contributed by atoms with Crippen LogP contribution < -0.4 is 21.3 Å². The second kappa shape index (κ2) is 9.23. The summed E-state index contributed by atoms with van der Waals surface area (Å²) in [4.78, 5) is 43.5. The molecule has 172 valence electrons. The Balaban J connectivity index is 1.55. The molecule has 11 heteroatoms. The molecule has 3 amide bonds. The standard InChI is InChI=1S/C22H26N8O3/c1-3-17(31)30-10-4-5-15(12-30)25-22-26-21(19(20(23)33)27-28-22)24-14-7-8-16-13(11-14)6-9-18(32)29(16)2/h3,7-8,11,15H,1,4-6,9-10,12H2,2H3,(H2,23,33)(H2,24,25,26,28). The van der Waals surface area contributed by atoms with Gasteiger partial charge in [0.25, 0.3) is 5.91 Å². The Morgan fingerprint density at radius 3 is 2.85 bits per heavy atom. The highest BCUT2D eigenvalue weighted by Gasteiger charge is 2.24. The molecule has 0 bridgehead atoms. The molecule has 1 fully saturated rings. The summed E-state index contributed by atoms with van der Waals surface area (Å²) in [5.41, 5.74) is 7.94. The molecule has 11 nitrogen and oxygen atoms in total. The highest BCUT2D eigenvalue weighted by atomic mass is 16.2. The number of hydrogen-bond acceptors (Lipinski definition) is 8. The van der Waals surface area contributed by atoms with Crippen LogP contribution in [0.25, 0.3) is 0 Å². The summed E-state index contributed by atoms with van der Waals surface area (Å²) in [7, 11) is 1.75. The molecule has 1 aromatic carbocycles. The molecule has 4 N–H and O–H groups in total. The van der Waals surface area contributed by atoms with Crippen LogP contribution in [0.4, 0.5) is 23.1 Å². The second-order valence-corrected chi connectivity index (χ2v) is 8.09. The third-order valence-corrected chi connectivity index (χ3v) is 5.85. The third kappa shape index (κ3) is 4.76. The average Bonchev–Trinajstić information content (AvgIpc) is 2.81. The molecule has 2 aliphatic rings. The molecule has 4 rings (SSSR count). The normalized spacial score (nSPS) is 17.8. The van der Waals surface area contributed by atoms with Gasteiger partial charge < -0.3 is 26.2 Å². The summed E-state index contributed by atoms with van der Waals surface area (Å²) in [5, 5.41) is 14.3. The first-order valence-corrected chi connectivity index (χ1v) is 10.7. The van der Waals surface area contributed by atoms with Crippen LogP contribution in [0.5, 0.6) is 0 Å². The first-order chi connectivity index (χ1) is 15.9. The lowest BCUT2D eigenvalue weighted by molar-refractivity contribution is -0.127. The summed E-state index contributed by atoms with van der Waals surface area (Å²) >= 11 is 0. The van der Waals surface area contributed by atoms with E-state index in [2.05, 4.69) is 32.4 Å². The molecule has 1 atom stereocenters. The lowest BCUT2D eigenvalue weighted by Crippen LogP contribution is -2.44. The number of likely N-dealkylation sites (tertiary alicyclic amines) is 1. The third-order valence-electron chi connectivity index (χ3n) is 5.85. The van der Waals surface area contributed by atoms with E-state index in [1.807, 2.05) is 12.1 Å². The summed E-state index contributed by atoms with van der Waals surface area (Å²) in [5.74, 6) is -0.399. The summed E-state index contributed by atoms with van der Waals surface area (Å²) in [6, 6.07) is 5.50. The van der Waals surface area contributed by atoms with Crippen LogP contribution in [-0.2, 0) is 16.0 Å². The number of benzene rings is 1. The number of nitrogens with two attached hydrogens (primary N) is 1. The van der Waals surface area contributed by atoms with Crippen LogP contribution in [0.3, 0.4) is 0 Å². The van der Waals surface area contributed by atoms with E-state index < -0.39 is 5.91 Å². The van der Waals surface area contributed by atoms with Crippen LogP contribution >= 0.6 is 0 Å². The Morgan fingerprint density at radius 1 is 1.27 bits per heavy atom. The summed E-state index contributed by atoms with van der Waals surface area (Å²) < 4.78 is 0. The van der Waals surface area contributed by atoms with Gasteiger partial charge in [0.15, 0.2) is 11.5 Å². The van der Waals surface area contributed by atoms with Gasteiger partial charge in [-0.05, 0) is 49.1 Å². The molecule has 1 saturated heterocycles. The number of amides is 3. The number of anilines is 4. The fraction of sp³-hybridized carbons (Fsp3) is 0.364. The van der Waals surface area contributed by atoms with Gasteiger partial charge in [0.1, 0.15) is 0 Å². The maximum Gasteiger partial charge on any atom is 0.273 e. The number of carbonyl (C=O) groups is 3. The van der Waals surface area contributed by atoms with E-state index in [-0.39, 0.29) is 35.3 Å². The Labute approximate surface area is 191 Å². The van der Waals surface area contributed by atoms with Crippen molar-refractivity contribution in [3.8, 4) is 0 Å². The Morgan fingerprint density at radius 2 is 2.09 bits per heavy atom. The molecule has 2 aromatic rings. The quantitative estimate of drug-likeness (QED) is 0.557. The van der Waals surface area contributed by atoms with Crippen LogP contribution in [0, 0.1) is 0 Å². The maximum atomic E-state index is 11.9. The molecule has 0 aliphatic carbocycles. The van der Waals surface area contributed by atoms with Crippen molar-refractivity contribution in [3.05, 3.63) is 42.1 Å². The summed E-state index contributed by atoms with van der Waals surface area (Å²) in [6.07, 6.45) is 4.04. The van der Waals surface area contributed by atoms with Crippen molar-refractivity contribution in [1.82, 2.24) is 20.1 Å². The number of aromatic nitrogens is 3. The predicted octanol–water partition coefficient (Wildman–Crippen LogP) is 1.21. The highest BCUT2D eigenvalue weighted by Crippen LogP contribution is 2.30. The maximum absolute atomic E-state index is 11.9. The number of hydrogen-bond donors (Lipinski definition) is 3. The SMILES string of the molecule is C=CC(=O)N1CCCC(Nc2nnc(C(N)=O)c(Nc3ccc4c(c3)CCC(=O)N4C)n2)C1. The van der Waals surface area contributed by atoms with Crippen molar-refractivity contribution in [2.24, 2.45) is 5.73 Å². The van der Waals surface area contributed by atoms with Crippen LogP contribution in [0.1, 0.15) is 35.3 Å². The van der Waals surface area contributed by atoms with Crippen molar-refractivity contribution in [2.75, 3.05) is 35.7 Å². The number of aryl methyl sites for hydroxylation is 1. The van der Waals surface area contributed by atoms with E-state index in [1.165, 1.54) is 6.08 Å². The van der Waals surface area contributed by atoms with Crippen molar-refractivity contribution in [1.29, 1.82) is 0 Å². The predicted molar refractivity (Wildman–Crippen MR) is 123 cm³/mol. The number of carbonyl (C=O) groups excluding carboxylic acids is 3. The summed E-state index contributed by atoms with van der Waals surface area (Å²) in [6.45, 7) is 4.71. The second-order valence-electron chi connectivity index (χ2n) is 8.09. The van der Waals surface area contributed by atoms with Crippen LogP contribution in [0.2, 0.25) is 0 Å². The van der Waals surface area contributed by atoms with E-state index in [0.29, 0.717) is 31.6 Å². The lowest BCUT2D eigenvalue weighted by Gasteiger charge is -2.32. The number of rotatable bonds is 6. The molecule has 0 radical (unpaired) electrons. The number of nitrogens with one attached hydrogen (secondary N) is 2. The largest absolute Gasteiger partial charge is 0.364 e. The molecule has 1 aromatic heterocycles. The van der Waals surface area contributed by atoms with Crippen molar-refractivity contribution in [2.45, 2.75) is 31.7 Å². The minimum atomic E-state index is -0.757. The van der Waals surface area contributed by atoms with Gasteiger partial charge in [-0.3, -0.25) is 14.4 Å². The highest BCUT2D eigenvalue weighted by molar-refractivity contribution is 5.97. The zero-order valence-electron chi connectivity index (χ0n) is 18.4. The van der Waals surface area contributed by atoms with E-state index in [0.717, 1.165) is 24.1 Å². The van der Waals surface area contributed by atoms with Crippen molar-refractivity contribution >= 4 is 40.9 Å². The molecule has 0 spiro atoms. The van der Waals surface area contributed by atoms with Gasteiger partial charge in [-0.15, -0.1) is 10.2 Å². The van der Waals surface area contributed by atoms with E-state index >= 15 is 0 Å². The topological polar surface area (TPSA) is 146 Å². The van der Waals surface area contributed by atoms with Gasteiger partial charge in [0, 0.05) is 44.0 Å². The van der Waals surface area contributed by atoms with Gasteiger partial charge in [0.05, 0.1) is 0 Å². The van der Waals surface area contributed by atoms with Gasteiger partial charge in [-0.25, -0.2) is 0 Å². The smallest absolute Gasteiger partial charge is 0.273 e. The van der Waals surface area contributed by atoms with Gasteiger partial charge in [-0.1, -0.05) is 6.58 Å². The number of primary amides is 1. The number of piperidine rings is 1. The lowest BCUT2D eigenvalue weighted by atomic mass is 10.0. The average molecular weight is 451 g/mol. The molecule has 33 heavy (non-hydrogen) atoms. The van der Waals surface area contributed by atoms with Gasteiger partial charge >= 0.3 is 0 Å². The molecular formula is C22H26N8O3. The van der Waals surface area contributed by atoms with Crippen molar-refractivity contribution in [3.63, 3.8) is 0 Å². The first-order valence-electron chi connectivity index (χ1n) is 10.7. The molecule has 0 saturated carbocycles. The Kier molecular flexibility index (Phi) is 6.20. The molecule has 3 heterocycles. The fourth-order valence-corrected chi connectivity index (χ4v) is 4.12. The molecular weight excluding hydrogens is 424 g/mol. The molecule has 2 aliphatic heterocycles. The Bertz CT molecular complexity index is 1120. The van der Waals surface area contributed by atoms with Crippen molar-refractivity contribution < 1.29 is 14.4 Å². The first kappa shape index (κ1) is 22.2. The monoisotopic (exact) mass is 450 g/mol.